The number of carboxylic acid groups (broad SMARTS) is 1. The van der Waals surface area contributed by atoms with Gasteiger partial charge in [-0.25, -0.2) is 4.79 Å². The fourth-order valence-corrected chi connectivity index (χ4v) is 4.82. The molecule has 2 aromatic carbocycles. The molecular formula is C24H26O3S. The summed E-state index contributed by atoms with van der Waals surface area (Å²) in [6.07, 6.45) is 2.18. The molecule has 1 aliphatic rings. The average molecular weight is 395 g/mol. The molecule has 2 aromatic rings. The van der Waals surface area contributed by atoms with Crippen molar-refractivity contribution in [3.8, 4) is 16.9 Å². The van der Waals surface area contributed by atoms with E-state index in [1.165, 1.54) is 22.9 Å². The van der Waals surface area contributed by atoms with Crippen molar-refractivity contribution >= 4 is 17.7 Å². The molecule has 0 spiro atoms. The third kappa shape index (κ3) is 3.77. The van der Waals surface area contributed by atoms with Crippen LogP contribution in [-0.2, 0) is 10.8 Å². The largest absolute Gasteiger partial charge is 0.506 e. The van der Waals surface area contributed by atoms with Gasteiger partial charge in [-0.15, -0.1) is 0 Å². The van der Waals surface area contributed by atoms with Gasteiger partial charge in [-0.2, -0.15) is 0 Å². The number of aryl methyl sites for hydroxylation is 1. The molecule has 0 unspecified atom stereocenters. The van der Waals surface area contributed by atoms with Crippen molar-refractivity contribution in [1.29, 1.82) is 0 Å². The van der Waals surface area contributed by atoms with Crippen molar-refractivity contribution in [1.82, 2.24) is 0 Å². The van der Waals surface area contributed by atoms with Crippen molar-refractivity contribution in [3.63, 3.8) is 0 Å². The number of benzene rings is 2. The molecule has 0 radical (unpaired) electrons. The molecule has 0 bridgehead atoms. The van der Waals surface area contributed by atoms with Crippen molar-refractivity contribution < 1.29 is 15.0 Å². The summed E-state index contributed by atoms with van der Waals surface area (Å²) in [4.78, 5) is 11.8. The Morgan fingerprint density at radius 1 is 1.07 bits per heavy atom. The summed E-state index contributed by atoms with van der Waals surface area (Å²) >= 11 is 1.36. The molecule has 146 valence electrons. The van der Waals surface area contributed by atoms with Crippen LogP contribution in [0.4, 0.5) is 0 Å². The van der Waals surface area contributed by atoms with Crippen LogP contribution in [0.5, 0.6) is 5.75 Å². The van der Waals surface area contributed by atoms with Gasteiger partial charge in [0.05, 0.1) is 10.5 Å². The highest BCUT2D eigenvalue weighted by Crippen LogP contribution is 2.52. The molecule has 0 aromatic heterocycles. The standard InChI is InChI=1S/C24H26O3S/c1-15-14-18-19(24(4,5)12-11-23(18,2)3)21(20(15)25)28-13-10-16-6-8-17(9-7-16)22(26)27/h6-9,14,25H,11-12H2,1-5H3,(H,26,27). The Kier molecular flexibility index (Phi) is 5.25. The molecule has 0 fully saturated rings. The van der Waals surface area contributed by atoms with Gasteiger partial charge in [-0.1, -0.05) is 39.7 Å². The van der Waals surface area contributed by atoms with Crippen LogP contribution in [-0.4, -0.2) is 16.2 Å². The number of hydrogen-bond acceptors (Lipinski definition) is 3. The number of phenolic OH excluding ortho intramolecular Hbond substituents is 1. The lowest BCUT2D eigenvalue weighted by Gasteiger charge is -2.43. The summed E-state index contributed by atoms with van der Waals surface area (Å²) in [6, 6.07) is 8.64. The van der Waals surface area contributed by atoms with Crippen LogP contribution in [0, 0.1) is 18.1 Å². The smallest absolute Gasteiger partial charge is 0.335 e. The Morgan fingerprint density at radius 3 is 2.29 bits per heavy atom. The molecule has 0 atom stereocenters. The molecule has 1 aliphatic carbocycles. The lowest BCUT2D eigenvalue weighted by molar-refractivity contribution is 0.0697. The van der Waals surface area contributed by atoms with E-state index in [0.29, 0.717) is 5.75 Å². The zero-order valence-corrected chi connectivity index (χ0v) is 17.8. The Hall–Kier alpha value is -2.38. The number of rotatable bonds is 2. The molecule has 0 aliphatic heterocycles. The van der Waals surface area contributed by atoms with Crippen LogP contribution in [0.2, 0.25) is 0 Å². The first-order valence-corrected chi connectivity index (χ1v) is 10.2. The third-order valence-corrected chi connectivity index (χ3v) is 6.51. The predicted molar refractivity (Wildman–Crippen MR) is 114 cm³/mol. The fourth-order valence-electron chi connectivity index (χ4n) is 3.80. The molecule has 3 rings (SSSR count). The maximum absolute atomic E-state index is 11.0. The molecular weight excluding hydrogens is 368 g/mol. The van der Waals surface area contributed by atoms with E-state index in [2.05, 4.69) is 44.9 Å². The highest BCUT2D eigenvalue weighted by atomic mass is 32.2. The van der Waals surface area contributed by atoms with Gasteiger partial charge in [-0.05, 0) is 88.6 Å². The molecule has 3 nitrogen and oxygen atoms in total. The van der Waals surface area contributed by atoms with Crippen LogP contribution in [0.25, 0.3) is 0 Å². The quantitative estimate of drug-likeness (QED) is 0.495. The normalized spacial score (nSPS) is 16.6. The topological polar surface area (TPSA) is 57.5 Å². The minimum atomic E-state index is -0.949. The third-order valence-electron chi connectivity index (χ3n) is 5.71. The van der Waals surface area contributed by atoms with Gasteiger partial charge < -0.3 is 10.2 Å². The van der Waals surface area contributed by atoms with Gasteiger partial charge in [0.1, 0.15) is 5.75 Å². The zero-order valence-electron chi connectivity index (χ0n) is 17.0. The maximum atomic E-state index is 11.0. The lowest BCUT2D eigenvalue weighted by atomic mass is 9.63. The second kappa shape index (κ2) is 7.22. The van der Waals surface area contributed by atoms with E-state index in [0.717, 1.165) is 28.9 Å². The first-order chi connectivity index (χ1) is 13.0. The maximum Gasteiger partial charge on any atom is 0.335 e. The van der Waals surface area contributed by atoms with Crippen LogP contribution in [0.3, 0.4) is 0 Å². The van der Waals surface area contributed by atoms with Crippen LogP contribution >= 0.6 is 11.8 Å². The Bertz CT molecular complexity index is 989. The molecule has 0 heterocycles. The first-order valence-electron chi connectivity index (χ1n) is 9.42. The van der Waals surface area contributed by atoms with E-state index in [1.54, 1.807) is 24.3 Å². The number of hydrogen-bond donors (Lipinski definition) is 2. The zero-order chi connectivity index (χ0) is 20.7. The van der Waals surface area contributed by atoms with E-state index >= 15 is 0 Å². The Balaban J connectivity index is 2.02. The number of aromatic carboxylic acids is 1. The van der Waals surface area contributed by atoms with Gasteiger partial charge in [0.25, 0.3) is 0 Å². The molecule has 2 N–H and O–H groups in total. The van der Waals surface area contributed by atoms with E-state index in [9.17, 15) is 9.90 Å². The number of phenols is 1. The van der Waals surface area contributed by atoms with Gasteiger partial charge in [-0.3, -0.25) is 0 Å². The van der Waals surface area contributed by atoms with Crippen molar-refractivity contribution in [2.24, 2.45) is 0 Å². The second-order valence-electron chi connectivity index (χ2n) is 8.77. The lowest BCUT2D eigenvalue weighted by Crippen LogP contribution is -2.34. The molecule has 28 heavy (non-hydrogen) atoms. The number of carboxylic acids is 1. The minimum Gasteiger partial charge on any atom is -0.506 e. The monoisotopic (exact) mass is 394 g/mol. The summed E-state index contributed by atoms with van der Waals surface area (Å²) < 4.78 is 0. The van der Waals surface area contributed by atoms with E-state index in [-0.39, 0.29) is 16.4 Å². The van der Waals surface area contributed by atoms with Crippen LogP contribution in [0.15, 0.2) is 35.2 Å². The summed E-state index contributed by atoms with van der Waals surface area (Å²) in [6.45, 7) is 10.9. The van der Waals surface area contributed by atoms with Crippen LogP contribution in [0.1, 0.15) is 73.1 Å². The number of fused-ring (bicyclic) bond motifs is 1. The van der Waals surface area contributed by atoms with E-state index in [1.807, 2.05) is 6.92 Å². The molecule has 0 amide bonds. The van der Waals surface area contributed by atoms with E-state index < -0.39 is 5.97 Å². The number of aromatic hydroxyl groups is 1. The van der Waals surface area contributed by atoms with Crippen molar-refractivity contribution in [2.75, 3.05) is 0 Å². The van der Waals surface area contributed by atoms with Crippen molar-refractivity contribution in [3.05, 3.63) is 58.1 Å². The average Bonchev–Trinajstić information content (AvgIpc) is 2.62. The van der Waals surface area contributed by atoms with E-state index in [4.69, 9.17) is 5.11 Å². The van der Waals surface area contributed by atoms with Crippen molar-refractivity contribution in [2.45, 2.75) is 63.2 Å². The van der Waals surface area contributed by atoms with Gasteiger partial charge in [0, 0.05) is 5.56 Å². The highest BCUT2D eigenvalue weighted by Gasteiger charge is 2.40. The Morgan fingerprint density at radius 2 is 1.68 bits per heavy atom. The second-order valence-corrected chi connectivity index (χ2v) is 9.59. The predicted octanol–water partition coefficient (Wildman–Crippen LogP) is 5.85. The van der Waals surface area contributed by atoms with Gasteiger partial charge >= 0.3 is 5.97 Å². The van der Waals surface area contributed by atoms with Crippen LogP contribution < -0.4 is 0 Å². The summed E-state index contributed by atoms with van der Waals surface area (Å²) in [5, 5.41) is 22.9. The molecule has 4 heteroatoms. The SMILES string of the molecule is Cc1cc2c(c(SC#Cc3ccc(C(=O)O)cc3)c1O)C(C)(C)CCC2(C)C. The number of thioether (sulfide) groups is 1. The molecule has 0 saturated carbocycles. The highest BCUT2D eigenvalue weighted by molar-refractivity contribution is 8.04. The Labute approximate surface area is 171 Å². The summed E-state index contributed by atoms with van der Waals surface area (Å²) in [5.41, 5.74) is 4.41. The molecule has 0 saturated heterocycles. The summed E-state index contributed by atoms with van der Waals surface area (Å²) in [7, 11) is 0. The van der Waals surface area contributed by atoms with Gasteiger partial charge in [0.15, 0.2) is 0 Å². The van der Waals surface area contributed by atoms with Gasteiger partial charge in [0.2, 0.25) is 0 Å². The number of carbonyl (C=O) groups is 1. The first kappa shape index (κ1) is 20.4. The fraction of sp³-hybridized carbons (Fsp3) is 0.375. The summed E-state index contributed by atoms with van der Waals surface area (Å²) in [5.74, 6) is 2.43. The minimum absolute atomic E-state index is 0.0246.